The first-order valence-electron chi connectivity index (χ1n) is 9.52. The molecule has 1 N–H and O–H groups in total. The number of halogens is 1. The van der Waals surface area contributed by atoms with Crippen molar-refractivity contribution in [2.45, 2.75) is 52.5 Å². The zero-order valence-corrected chi connectivity index (χ0v) is 16.8. The summed E-state index contributed by atoms with van der Waals surface area (Å²) in [7, 11) is 0. The molecule has 26 heavy (non-hydrogen) atoms. The predicted octanol–water partition coefficient (Wildman–Crippen LogP) is 3.70. The van der Waals surface area contributed by atoms with Crippen LogP contribution in [-0.2, 0) is 9.59 Å². The van der Waals surface area contributed by atoms with E-state index in [9.17, 15) is 9.59 Å². The number of likely N-dealkylation sites (N-methyl/N-ethyl adjacent to an activating group) is 1. The Morgan fingerprint density at radius 2 is 2.04 bits per heavy atom. The van der Waals surface area contributed by atoms with Crippen LogP contribution in [0.25, 0.3) is 0 Å². The monoisotopic (exact) mass is 379 g/mol. The summed E-state index contributed by atoms with van der Waals surface area (Å²) in [5, 5.41) is 3.49. The second-order valence-corrected chi connectivity index (χ2v) is 7.39. The van der Waals surface area contributed by atoms with Crippen LogP contribution < -0.4 is 5.32 Å². The standard InChI is InChI=1S/C20H30ClN3O2/c1-4-17-8-6-7-11-24(17)20(26)14-23(5-2)13-19(25)22-18-12-16(21)10-9-15(18)3/h9-10,12,17H,4-8,11,13-14H2,1-3H3,(H,22,25)/t17-/m0/s1. The van der Waals surface area contributed by atoms with Crippen LogP contribution in [-0.4, -0.2) is 53.8 Å². The molecule has 0 radical (unpaired) electrons. The Kier molecular flexibility index (Phi) is 7.91. The molecule has 144 valence electrons. The van der Waals surface area contributed by atoms with Gasteiger partial charge in [0, 0.05) is 23.3 Å². The van der Waals surface area contributed by atoms with Crippen molar-refractivity contribution in [1.29, 1.82) is 0 Å². The Bertz CT molecular complexity index is 635. The van der Waals surface area contributed by atoms with E-state index in [1.165, 1.54) is 6.42 Å². The van der Waals surface area contributed by atoms with E-state index in [2.05, 4.69) is 12.2 Å². The van der Waals surface area contributed by atoms with Gasteiger partial charge >= 0.3 is 0 Å². The number of aryl methyl sites for hydroxylation is 1. The molecule has 1 aromatic carbocycles. The number of nitrogens with zero attached hydrogens (tertiary/aromatic N) is 2. The average Bonchev–Trinajstić information content (AvgIpc) is 2.63. The van der Waals surface area contributed by atoms with Crippen LogP contribution in [0.1, 0.15) is 45.1 Å². The van der Waals surface area contributed by atoms with E-state index in [0.717, 1.165) is 31.4 Å². The zero-order chi connectivity index (χ0) is 19.1. The maximum absolute atomic E-state index is 12.7. The van der Waals surface area contributed by atoms with Crippen LogP contribution in [0.2, 0.25) is 5.02 Å². The van der Waals surface area contributed by atoms with Crippen molar-refractivity contribution in [2.75, 3.05) is 31.5 Å². The smallest absolute Gasteiger partial charge is 0.238 e. The van der Waals surface area contributed by atoms with Gasteiger partial charge in [-0.3, -0.25) is 14.5 Å². The van der Waals surface area contributed by atoms with Crippen LogP contribution in [0.4, 0.5) is 5.69 Å². The summed E-state index contributed by atoms with van der Waals surface area (Å²) < 4.78 is 0. The topological polar surface area (TPSA) is 52.7 Å². The van der Waals surface area contributed by atoms with E-state index in [1.54, 1.807) is 12.1 Å². The van der Waals surface area contributed by atoms with E-state index in [-0.39, 0.29) is 24.9 Å². The molecule has 6 heteroatoms. The number of hydrogen-bond acceptors (Lipinski definition) is 3. The van der Waals surface area contributed by atoms with Crippen LogP contribution in [0.5, 0.6) is 0 Å². The summed E-state index contributed by atoms with van der Waals surface area (Å²) in [6.45, 7) is 8.00. The van der Waals surface area contributed by atoms with Crippen LogP contribution in [0, 0.1) is 6.92 Å². The molecule has 0 bridgehead atoms. The molecular formula is C20H30ClN3O2. The number of hydrogen-bond donors (Lipinski definition) is 1. The minimum absolute atomic E-state index is 0.129. The number of rotatable bonds is 7. The minimum Gasteiger partial charge on any atom is -0.339 e. The summed E-state index contributed by atoms with van der Waals surface area (Å²) in [5.41, 5.74) is 1.67. The molecule has 1 aliphatic heterocycles. The lowest BCUT2D eigenvalue weighted by Gasteiger charge is -2.36. The molecule has 0 unspecified atom stereocenters. The van der Waals surface area contributed by atoms with Crippen molar-refractivity contribution in [3.8, 4) is 0 Å². The normalized spacial score (nSPS) is 17.4. The molecular weight excluding hydrogens is 350 g/mol. The Hall–Kier alpha value is -1.59. The van der Waals surface area contributed by atoms with Crippen molar-refractivity contribution in [3.63, 3.8) is 0 Å². The van der Waals surface area contributed by atoms with Gasteiger partial charge in [0.1, 0.15) is 0 Å². The molecule has 1 atom stereocenters. The fraction of sp³-hybridized carbons (Fsp3) is 0.600. The van der Waals surface area contributed by atoms with Crippen LogP contribution >= 0.6 is 11.6 Å². The summed E-state index contributed by atoms with van der Waals surface area (Å²) in [6.07, 6.45) is 4.35. The van der Waals surface area contributed by atoms with Gasteiger partial charge < -0.3 is 10.2 Å². The number of amides is 2. The van der Waals surface area contributed by atoms with E-state index in [1.807, 2.05) is 29.7 Å². The second kappa shape index (κ2) is 9.93. The highest BCUT2D eigenvalue weighted by atomic mass is 35.5. The van der Waals surface area contributed by atoms with Gasteiger partial charge in [-0.1, -0.05) is 31.5 Å². The van der Waals surface area contributed by atoms with Gasteiger partial charge in [-0.15, -0.1) is 0 Å². The van der Waals surface area contributed by atoms with Gasteiger partial charge in [-0.25, -0.2) is 0 Å². The highest BCUT2D eigenvalue weighted by Gasteiger charge is 2.26. The summed E-state index contributed by atoms with van der Waals surface area (Å²) >= 11 is 6.00. The largest absolute Gasteiger partial charge is 0.339 e. The minimum atomic E-state index is -0.129. The molecule has 0 aromatic heterocycles. The second-order valence-electron chi connectivity index (χ2n) is 6.96. The Morgan fingerprint density at radius 3 is 2.73 bits per heavy atom. The highest BCUT2D eigenvalue weighted by Crippen LogP contribution is 2.21. The molecule has 1 heterocycles. The first kappa shape index (κ1) is 20.7. The third-order valence-corrected chi connectivity index (χ3v) is 5.30. The van der Waals surface area contributed by atoms with Crippen LogP contribution in [0.15, 0.2) is 18.2 Å². The maximum Gasteiger partial charge on any atom is 0.238 e. The van der Waals surface area contributed by atoms with E-state index >= 15 is 0 Å². The van der Waals surface area contributed by atoms with Gasteiger partial charge in [0.2, 0.25) is 11.8 Å². The molecule has 2 rings (SSSR count). The lowest BCUT2D eigenvalue weighted by molar-refractivity contribution is -0.136. The van der Waals surface area contributed by atoms with E-state index in [0.29, 0.717) is 23.3 Å². The molecule has 1 fully saturated rings. The first-order valence-corrected chi connectivity index (χ1v) is 9.90. The van der Waals surface area contributed by atoms with Crippen molar-refractivity contribution in [1.82, 2.24) is 9.80 Å². The number of likely N-dealkylation sites (tertiary alicyclic amines) is 1. The molecule has 0 spiro atoms. The third kappa shape index (κ3) is 5.71. The molecule has 1 aliphatic rings. The lowest BCUT2D eigenvalue weighted by Crippen LogP contribution is -2.48. The zero-order valence-electron chi connectivity index (χ0n) is 16.1. The third-order valence-electron chi connectivity index (χ3n) is 5.07. The first-order chi connectivity index (χ1) is 12.4. The molecule has 0 aliphatic carbocycles. The molecule has 1 aromatic rings. The van der Waals surface area contributed by atoms with Gasteiger partial charge in [0.25, 0.3) is 0 Å². The van der Waals surface area contributed by atoms with Crippen molar-refractivity contribution in [2.24, 2.45) is 0 Å². The molecule has 5 nitrogen and oxygen atoms in total. The fourth-order valence-electron chi connectivity index (χ4n) is 3.44. The summed E-state index contributed by atoms with van der Waals surface area (Å²) in [4.78, 5) is 29.0. The predicted molar refractivity (Wildman–Crippen MR) is 107 cm³/mol. The van der Waals surface area contributed by atoms with Gasteiger partial charge in [0.15, 0.2) is 0 Å². The number of nitrogens with one attached hydrogen (secondary N) is 1. The van der Waals surface area contributed by atoms with Gasteiger partial charge in [-0.05, 0) is 56.8 Å². The number of carbonyl (C=O) groups excluding carboxylic acids is 2. The average molecular weight is 380 g/mol. The number of carbonyl (C=O) groups is 2. The van der Waals surface area contributed by atoms with Crippen molar-refractivity contribution < 1.29 is 9.59 Å². The highest BCUT2D eigenvalue weighted by molar-refractivity contribution is 6.31. The Balaban J connectivity index is 1.92. The summed E-state index contributed by atoms with van der Waals surface area (Å²) in [6, 6.07) is 5.76. The van der Waals surface area contributed by atoms with E-state index < -0.39 is 0 Å². The molecule has 0 saturated carbocycles. The van der Waals surface area contributed by atoms with Gasteiger partial charge in [-0.2, -0.15) is 0 Å². The fourth-order valence-corrected chi connectivity index (χ4v) is 3.61. The van der Waals surface area contributed by atoms with Gasteiger partial charge in [0.05, 0.1) is 13.1 Å². The lowest BCUT2D eigenvalue weighted by atomic mass is 10.00. The van der Waals surface area contributed by atoms with Crippen molar-refractivity contribution >= 4 is 29.1 Å². The SMILES string of the molecule is CC[C@H]1CCCCN1C(=O)CN(CC)CC(=O)Nc1cc(Cl)ccc1C. The number of piperidine rings is 1. The molecule has 1 saturated heterocycles. The number of anilines is 1. The number of benzene rings is 1. The Labute approximate surface area is 161 Å². The quantitative estimate of drug-likeness (QED) is 0.785. The summed E-state index contributed by atoms with van der Waals surface area (Å²) in [5.74, 6) is 0.000776. The van der Waals surface area contributed by atoms with Crippen LogP contribution in [0.3, 0.4) is 0 Å². The maximum atomic E-state index is 12.7. The molecule has 2 amide bonds. The van der Waals surface area contributed by atoms with Crippen molar-refractivity contribution in [3.05, 3.63) is 28.8 Å². The Morgan fingerprint density at radius 1 is 1.27 bits per heavy atom. The van der Waals surface area contributed by atoms with E-state index in [4.69, 9.17) is 11.6 Å².